The van der Waals surface area contributed by atoms with Crippen molar-refractivity contribution < 1.29 is 0 Å². The zero-order chi connectivity index (χ0) is 11.6. The number of pyridine rings is 1. The molecular formula is C13H22N2S. The van der Waals surface area contributed by atoms with Gasteiger partial charge in [0, 0.05) is 18.5 Å². The van der Waals surface area contributed by atoms with Gasteiger partial charge in [0.1, 0.15) is 5.82 Å². The van der Waals surface area contributed by atoms with Gasteiger partial charge in [-0.3, -0.25) is 0 Å². The molecule has 1 heterocycles. The number of hydrogen-bond donors (Lipinski definition) is 1. The Labute approximate surface area is 103 Å². The Morgan fingerprint density at radius 2 is 2.19 bits per heavy atom. The van der Waals surface area contributed by atoms with Gasteiger partial charge >= 0.3 is 0 Å². The third kappa shape index (κ3) is 5.40. The second-order valence-corrected chi connectivity index (χ2v) is 4.94. The summed E-state index contributed by atoms with van der Waals surface area (Å²) in [6, 6.07) is 4.25. The van der Waals surface area contributed by atoms with E-state index in [1.807, 2.05) is 18.0 Å². The molecule has 0 bridgehead atoms. The number of hydrogen-bond acceptors (Lipinski definition) is 3. The smallest absolute Gasteiger partial charge is 0.126 e. The molecule has 0 saturated heterocycles. The zero-order valence-electron chi connectivity index (χ0n) is 10.3. The number of unbranched alkanes of at least 4 members (excludes halogenated alkanes) is 2. The molecule has 90 valence electrons. The molecule has 3 heteroatoms. The standard InChI is InChI=1S/C13H22N2S/c1-3-5-6-9-16-11-12-7-8-15-13(10-12)14-4-2/h7-8,10H,3-6,9,11H2,1-2H3,(H,14,15). The molecule has 0 aliphatic rings. The van der Waals surface area contributed by atoms with Crippen molar-refractivity contribution in [3.05, 3.63) is 23.9 Å². The fraction of sp³-hybridized carbons (Fsp3) is 0.615. The number of anilines is 1. The molecule has 0 spiro atoms. The first kappa shape index (κ1) is 13.4. The van der Waals surface area contributed by atoms with Crippen molar-refractivity contribution in [2.45, 2.75) is 38.9 Å². The van der Waals surface area contributed by atoms with Crippen LogP contribution >= 0.6 is 11.8 Å². The topological polar surface area (TPSA) is 24.9 Å². The Morgan fingerprint density at radius 1 is 1.31 bits per heavy atom. The first-order valence-electron chi connectivity index (χ1n) is 6.13. The van der Waals surface area contributed by atoms with Crippen molar-refractivity contribution >= 4 is 17.6 Å². The monoisotopic (exact) mass is 238 g/mol. The van der Waals surface area contributed by atoms with E-state index < -0.39 is 0 Å². The average Bonchev–Trinajstić information content (AvgIpc) is 2.30. The molecule has 1 aromatic heterocycles. The van der Waals surface area contributed by atoms with Crippen molar-refractivity contribution in [3.63, 3.8) is 0 Å². The summed E-state index contributed by atoms with van der Waals surface area (Å²) in [5.41, 5.74) is 1.37. The predicted octanol–water partition coefficient (Wildman–Crippen LogP) is 3.94. The van der Waals surface area contributed by atoms with Gasteiger partial charge in [-0.05, 0) is 36.8 Å². The van der Waals surface area contributed by atoms with Crippen molar-refractivity contribution in [1.82, 2.24) is 4.98 Å². The minimum atomic E-state index is 0.931. The molecule has 0 saturated carbocycles. The summed E-state index contributed by atoms with van der Waals surface area (Å²) >= 11 is 2.02. The van der Waals surface area contributed by atoms with Gasteiger partial charge in [0.25, 0.3) is 0 Å². The maximum atomic E-state index is 4.27. The average molecular weight is 238 g/mol. The quantitative estimate of drug-likeness (QED) is 0.694. The summed E-state index contributed by atoms with van der Waals surface area (Å²) < 4.78 is 0. The fourth-order valence-corrected chi connectivity index (χ4v) is 2.45. The van der Waals surface area contributed by atoms with Crippen molar-refractivity contribution in [3.8, 4) is 0 Å². The molecule has 1 rings (SSSR count). The number of nitrogens with zero attached hydrogens (tertiary/aromatic N) is 1. The second-order valence-electron chi connectivity index (χ2n) is 3.84. The molecule has 0 amide bonds. The predicted molar refractivity (Wildman–Crippen MR) is 74.1 cm³/mol. The number of nitrogens with one attached hydrogen (secondary N) is 1. The van der Waals surface area contributed by atoms with Gasteiger partial charge in [-0.2, -0.15) is 11.8 Å². The van der Waals surface area contributed by atoms with Gasteiger partial charge in [-0.25, -0.2) is 4.98 Å². The van der Waals surface area contributed by atoms with E-state index in [2.05, 4.69) is 36.3 Å². The van der Waals surface area contributed by atoms with Crippen LogP contribution in [-0.2, 0) is 5.75 Å². The van der Waals surface area contributed by atoms with Crippen LogP contribution in [0.15, 0.2) is 18.3 Å². The van der Waals surface area contributed by atoms with Gasteiger partial charge < -0.3 is 5.32 Å². The van der Waals surface area contributed by atoms with Crippen molar-refractivity contribution in [1.29, 1.82) is 0 Å². The molecule has 1 N–H and O–H groups in total. The molecule has 0 aromatic carbocycles. The number of rotatable bonds is 8. The minimum Gasteiger partial charge on any atom is -0.370 e. The molecule has 2 nitrogen and oxygen atoms in total. The van der Waals surface area contributed by atoms with E-state index in [1.54, 1.807) is 0 Å². The van der Waals surface area contributed by atoms with Crippen LogP contribution in [0, 0.1) is 0 Å². The highest BCUT2D eigenvalue weighted by atomic mass is 32.2. The van der Waals surface area contributed by atoms with E-state index in [0.29, 0.717) is 0 Å². The Bertz CT molecular complexity index is 289. The van der Waals surface area contributed by atoms with Crippen LogP contribution in [0.1, 0.15) is 38.7 Å². The Hall–Kier alpha value is -0.700. The lowest BCUT2D eigenvalue weighted by molar-refractivity contribution is 0.778. The maximum absolute atomic E-state index is 4.27. The minimum absolute atomic E-state index is 0.931. The molecule has 0 unspecified atom stereocenters. The van der Waals surface area contributed by atoms with Crippen LogP contribution in [0.3, 0.4) is 0 Å². The van der Waals surface area contributed by atoms with Gasteiger partial charge in [0.05, 0.1) is 0 Å². The summed E-state index contributed by atoms with van der Waals surface area (Å²) in [6.45, 7) is 5.27. The van der Waals surface area contributed by atoms with Crippen LogP contribution in [0.5, 0.6) is 0 Å². The lowest BCUT2D eigenvalue weighted by Crippen LogP contribution is -1.99. The van der Waals surface area contributed by atoms with Crippen molar-refractivity contribution in [2.75, 3.05) is 17.6 Å². The maximum Gasteiger partial charge on any atom is 0.126 e. The van der Waals surface area contributed by atoms with Crippen LogP contribution in [-0.4, -0.2) is 17.3 Å². The summed E-state index contributed by atoms with van der Waals surface area (Å²) in [7, 11) is 0. The number of thioether (sulfide) groups is 1. The van der Waals surface area contributed by atoms with Gasteiger partial charge in [-0.15, -0.1) is 0 Å². The Balaban J connectivity index is 2.27. The van der Waals surface area contributed by atoms with Crippen LogP contribution in [0.2, 0.25) is 0 Å². The van der Waals surface area contributed by atoms with E-state index in [4.69, 9.17) is 0 Å². The first-order chi connectivity index (χ1) is 7.86. The molecule has 0 aliphatic carbocycles. The third-order valence-corrected chi connectivity index (χ3v) is 3.46. The molecule has 0 atom stereocenters. The van der Waals surface area contributed by atoms with E-state index in [1.165, 1.54) is 30.6 Å². The number of aromatic nitrogens is 1. The van der Waals surface area contributed by atoms with Crippen LogP contribution in [0.25, 0.3) is 0 Å². The summed E-state index contributed by atoms with van der Waals surface area (Å²) in [6.07, 6.45) is 5.89. The summed E-state index contributed by atoms with van der Waals surface area (Å²) in [4.78, 5) is 4.27. The Morgan fingerprint density at radius 3 is 2.94 bits per heavy atom. The largest absolute Gasteiger partial charge is 0.370 e. The fourth-order valence-electron chi connectivity index (χ4n) is 1.49. The second kappa shape index (κ2) is 8.45. The van der Waals surface area contributed by atoms with Crippen LogP contribution < -0.4 is 5.32 Å². The molecule has 0 radical (unpaired) electrons. The SMILES string of the molecule is CCCCCSCc1ccnc(NCC)c1. The van der Waals surface area contributed by atoms with Crippen molar-refractivity contribution in [2.24, 2.45) is 0 Å². The van der Waals surface area contributed by atoms with E-state index in [9.17, 15) is 0 Å². The van der Waals surface area contributed by atoms with Gasteiger partial charge in [0.15, 0.2) is 0 Å². The lowest BCUT2D eigenvalue weighted by Gasteiger charge is -2.05. The van der Waals surface area contributed by atoms with E-state index >= 15 is 0 Å². The highest BCUT2D eigenvalue weighted by molar-refractivity contribution is 7.98. The molecule has 1 aromatic rings. The normalized spacial score (nSPS) is 10.4. The van der Waals surface area contributed by atoms with Crippen LogP contribution in [0.4, 0.5) is 5.82 Å². The molecule has 16 heavy (non-hydrogen) atoms. The first-order valence-corrected chi connectivity index (χ1v) is 7.28. The highest BCUT2D eigenvalue weighted by Gasteiger charge is 1.96. The molecule has 0 aliphatic heterocycles. The Kier molecular flexibility index (Phi) is 7.06. The summed E-state index contributed by atoms with van der Waals surface area (Å²) in [5, 5.41) is 3.24. The van der Waals surface area contributed by atoms with E-state index in [-0.39, 0.29) is 0 Å². The lowest BCUT2D eigenvalue weighted by atomic mass is 10.3. The van der Waals surface area contributed by atoms with Gasteiger partial charge in [0.2, 0.25) is 0 Å². The van der Waals surface area contributed by atoms with Gasteiger partial charge in [-0.1, -0.05) is 19.8 Å². The molecule has 0 fully saturated rings. The zero-order valence-corrected chi connectivity index (χ0v) is 11.1. The summed E-state index contributed by atoms with van der Waals surface area (Å²) in [5.74, 6) is 3.37. The van der Waals surface area contributed by atoms with E-state index in [0.717, 1.165) is 18.1 Å². The third-order valence-electron chi connectivity index (χ3n) is 2.34. The molecular weight excluding hydrogens is 216 g/mol. The highest BCUT2D eigenvalue weighted by Crippen LogP contribution is 2.16.